The van der Waals surface area contributed by atoms with Crippen molar-refractivity contribution in [2.24, 2.45) is 5.92 Å². The zero-order valence-corrected chi connectivity index (χ0v) is 13.1. The molecule has 0 spiro atoms. The van der Waals surface area contributed by atoms with Crippen molar-refractivity contribution in [1.82, 2.24) is 10.2 Å². The number of benzene rings is 1. The molecule has 3 rings (SSSR count). The average Bonchev–Trinajstić information content (AvgIpc) is 2.47. The molecule has 2 fully saturated rings. The second-order valence-electron chi connectivity index (χ2n) is 6.36. The second-order valence-corrected chi connectivity index (χ2v) is 6.36. The third-order valence-corrected chi connectivity index (χ3v) is 4.48. The van der Waals surface area contributed by atoms with E-state index in [4.69, 9.17) is 9.47 Å². The van der Waals surface area contributed by atoms with Gasteiger partial charge < -0.3 is 14.8 Å². The molecule has 2 saturated heterocycles. The minimum Gasteiger partial charge on any atom is -0.493 e. The zero-order valence-electron chi connectivity index (χ0n) is 13.1. The molecule has 1 aromatic carbocycles. The summed E-state index contributed by atoms with van der Waals surface area (Å²) < 4.78 is 11.5. The molecule has 1 aromatic rings. The number of likely N-dealkylation sites (tertiary alicyclic amines) is 1. The Morgan fingerprint density at radius 2 is 2.14 bits per heavy atom. The summed E-state index contributed by atoms with van der Waals surface area (Å²) >= 11 is 0. The van der Waals surface area contributed by atoms with Crippen LogP contribution in [0.25, 0.3) is 0 Å². The van der Waals surface area contributed by atoms with E-state index < -0.39 is 0 Å². The highest BCUT2D eigenvalue weighted by Crippen LogP contribution is 2.31. The highest BCUT2D eigenvalue weighted by atomic mass is 16.5. The number of nitrogens with zero attached hydrogens (tertiary/aromatic N) is 1. The number of nitrogens with one attached hydrogen (secondary N) is 1. The summed E-state index contributed by atoms with van der Waals surface area (Å²) in [7, 11) is 3.82. The van der Waals surface area contributed by atoms with E-state index in [1.54, 1.807) is 7.11 Å². The lowest BCUT2D eigenvalue weighted by Crippen LogP contribution is -2.51. The van der Waals surface area contributed by atoms with Crippen molar-refractivity contribution in [3.8, 4) is 11.5 Å². The Labute approximate surface area is 127 Å². The van der Waals surface area contributed by atoms with Crippen molar-refractivity contribution in [1.29, 1.82) is 0 Å². The van der Waals surface area contributed by atoms with Crippen LogP contribution in [-0.2, 0) is 6.42 Å². The molecule has 0 amide bonds. The van der Waals surface area contributed by atoms with Crippen molar-refractivity contribution in [2.75, 3.05) is 40.3 Å². The molecule has 1 N–H and O–H groups in total. The summed E-state index contributed by atoms with van der Waals surface area (Å²) in [5.41, 5.74) is 1.35. The number of ether oxygens (including phenoxy) is 2. The normalized spacial score (nSPS) is 23.6. The van der Waals surface area contributed by atoms with Gasteiger partial charge in [-0.2, -0.15) is 0 Å². The Bertz CT molecular complexity index is 466. The predicted octanol–water partition coefficient (Wildman–Crippen LogP) is 1.93. The van der Waals surface area contributed by atoms with Crippen LogP contribution in [0.4, 0.5) is 0 Å². The van der Waals surface area contributed by atoms with Crippen LogP contribution >= 0.6 is 0 Å². The van der Waals surface area contributed by atoms with E-state index in [0.717, 1.165) is 43.5 Å². The molecule has 21 heavy (non-hydrogen) atoms. The standard InChI is InChI=1S/C17H26N2O2/c1-19-11-15(12-19)21-17-9-13(5-6-16(17)20-2)8-14-4-3-7-18-10-14/h5-6,9,14-15,18H,3-4,7-8,10-12H2,1-2H3. The van der Waals surface area contributed by atoms with E-state index in [9.17, 15) is 0 Å². The zero-order chi connectivity index (χ0) is 14.7. The lowest BCUT2D eigenvalue weighted by Gasteiger charge is -2.36. The maximum atomic E-state index is 6.09. The van der Waals surface area contributed by atoms with Crippen LogP contribution in [0.3, 0.4) is 0 Å². The molecule has 0 aromatic heterocycles. The van der Waals surface area contributed by atoms with Gasteiger partial charge in [-0.25, -0.2) is 0 Å². The van der Waals surface area contributed by atoms with Gasteiger partial charge in [0.1, 0.15) is 6.10 Å². The average molecular weight is 290 g/mol. The summed E-state index contributed by atoms with van der Waals surface area (Å²) in [5.74, 6) is 2.49. The van der Waals surface area contributed by atoms with Crippen LogP contribution < -0.4 is 14.8 Å². The van der Waals surface area contributed by atoms with Crippen LogP contribution in [0.15, 0.2) is 18.2 Å². The van der Waals surface area contributed by atoms with Gasteiger partial charge in [-0.05, 0) is 63.0 Å². The molecule has 0 radical (unpaired) electrons. The van der Waals surface area contributed by atoms with Gasteiger partial charge in [0.25, 0.3) is 0 Å². The lowest BCUT2D eigenvalue weighted by molar-refractivity contribution is 0.0369. The molecular formula is C17H26N2O2. The van der Waals surface area contributed by atoms with Gasteiger partial charge in [-0.15, -0.1) is 0 Å². The SMILES string of the molecule is COc1ccc(CC2CCCNC2)cc1OC1CN(C)C1. The number of hydrogen-bond acceptors (Lipinski definition) is 4. The topological polar surface area (TPSA) is 33.7 Å². The van der Waals surface area contributed by atoms with Crippen molar-refractivity contribution in [3.63, 3.8) is 0 Å². The van der Waals surface area contributed by atoms with E-state index in [1.807, 2.05) is 6.07 Å². The van der Waals surface area contributed by atoms with Crippen molar-refractivity contribution in [3.05, 3.63) is 23.8 Å². The number of piperidine rings is 1. The maximum Gasteiger partial charge on any atom is 0.161 e. The molecule has 2 heterocycles. The Morgan fingerprint density at radius 1 is 1.29 bits per heavy atom. The molecule has 116 valence electrons. The summed E-state index contributed by atoms with van der Waals surface area (Å²) in [4.78, 5) is 2.26. The van der Waals surface area contributed by atoms with Gasteiger partial charge in [0.05, 0.1) is 7.11 Å². The van der Waals surface area contributed by atoms with E-state index in [1.165, 1.54) is 24.9 Å². The monoisotopic (exact) mass is 290 g/mol. The third-order valence-electron chi connectivity index (χ3n) is 4.48. The van der Waals surface area contributed by atoms with Gasteiger partial charge in [0.15, 0.2) is 11.5 Å². The molecule has 1 atom stereocenters. The summed E-state index contributed by atoms with van der Waals surface area (Å²) in [6, 6.07) is 6.39. The molecule has 2 aliphatic rings. The van der Waals surface area contributed by atoms with Crippen LogP contribution in [0.2, 0.25) is 0 Å². The Balaban J connectivity index is 1.66. The highest BCUT2D eigenvalue weighted by Gasteiger charge is 2.26. The highest BCUT2D eigenvalue weighted by molar-refractivity contribution is 5.43. The Hall–Kier alpha value is -1.26. The minimum atomic E-state index is 0.301. The Kier molecular flexibility index (Phi) is 4.66. The second kappa shape index (κ2) is 6.67. The predicted molar refractivity (Wildman–Crippen MR) is 84.2 cm³/mol. The largest absolute Gasteiger partial charge is 0.493 e. The fourth-order valence-corrected chi connectivity index (χ4v) is 3.27. The molecule has 4 heteroatoms. The first kappa shape index (κ1) is 14.7. The van der Waals surface area contributed by atoms with E-state index in [-0.39, 0.29) is 0 Å². The number of hydrogen-bond donors (Lipinski definition) is 1. The molecule has 0 aliphatic carbocycles. The summed E-state index contributed by atoms with van der Waals surface area (Å²) in [5, 5.41) is 3.49. The fourth-order valence-electron chi connectivity index (χ4n) is 3.27. The van der Waals surface area contributed by atoms with Crippen LogP contribution in [-0.4, -0.2) is 51.3 Å². The Morgan fingerprint density at radius 3 is 2.81 bits per heavy atom. The van der Waals surface area contributed by atoms with Gasteiger partial charge >= 0.3 is 0 Å². The molecule has 2 aliphatic heterocycles. The van der Waals surface area contributed by atoms with Crippen molar-refractivity contribution < 1.29 is 9.47 Å². The maximum absolute atomic E-state index is 6.09. The first-order chi connectivity index (χ1) is 10.2. The summed E-state index contributed by atoms with van der Waals surface area (Å²) in [6.45, 7) is 4.30. The molecule has 0 saturated carbocycles. The van der Waals surface area contributed by atoms with Crippen LogP contribution in [0.1, 0.15) is 18.4 Å². The lowest BCUT2D eigenvalue weighted by atomic mass is 9.92. The minimum absolute atomic E-state index is 0.301. The summed E-state index contributed by atoms with van der Waals surface area (Å²) in [6.07, 6.45) is 4.04. The van der Waals surface area contributed by atoms with Crippen molar-refractivity contribution in [2.45, 2.75) is 25.4 Å². The number of methoxy groups -OCH3 is 1. The van der Waals surface area contributed by atoms with E-state index >= 15 is 0 Å². The molecule has 1 unspecified atom stereocenters. The van der Waals surface area contributed by atoms with Gasteiger partial charge in [0.2, 0.25) is 0 Å². The van der Waals surface area contributed by atoms with Crippen molar-refractivity contribution >= 4 is 0 Å². The van der Waals surface area contributed by atoms with Gasteiger partial charge in [-0.3, -0.25) is 4.90 Å². The molecular weight excluding hydrogens is 264 g/mol. The number of rotatable bonds is 5. The smallest absolute Gasteiger partial charge is 0.161 e. The van der Waals surface area contributed by atoms with Crippen LogP contribution in [0.5, 0.6) is 11.5 Å². The van der Waals surface area contributed by atoms with Crippen LogP contribution in [0, 0.1) is 5.92 Å². The fraction of sp³-hybridized carbons (Fsp3) is 0.647. The van der Waals surface area contributed by atoms with E-state index in [0.29, 0.717) is 6.10 Å². The third kappa shape index (κ3) is 3.69. The van der Waals surface area contributed by atoms with Gasteiger partial charge in [0, 0.05) is 13.1 Å². The first-order valence-corrected chi connectivity index (χ1v) is 7.97. The molecule has 0 bridgehead atoms. The van der Waals surface area contributed by atoms with E-state index in [2.05, 4.69) is 29.4 Å². The quantitative estimate of drug-likeness (QED) is 0.898. The number of likely N-dealkylation sites (N-methyl/N-ethyl adjacent to an activating group) is 1. The van der Waals surface area contributed by atoms with Gasteiger partial charge in [-0.1, -0.05) is 6.07 Å². The molecule has 4 nitrogen and oxygen atoms in total. The first-order valence-electron chi connectivity index (χ1n) is 7.97.